The Hall–Kier alpha value is -1.33. The summed E-state index contributed by atoms with van der Waals surface area (Å²) in [4.78, 5) is 11.0. The molecule has 0 aromatic carbocycles. The minimum atomic E-state index is -1.29. The van der Waals surface area contributed by atoms with Crippen LogP contribution in [-0.2, 0) is 9.53 Å². The zero-order valence-corrected chi connectivity index (χ0v) is 5.89. The van der Waals surface area contributed by atoms with Crippen LogP contribution in [0.15, 0.2) is 20.5 Å². The van der Waals surface area contributed by atoms with Crippen molar-refractivity contribution in [1.29, 1.82) is 0 Å². The second-order valence-electron chi connectivity index (χ2n) is 2.32. The zero-order chi connectivity index (χ0) is 7.90. The molecule has 0 amide bonds. The Kier molecular flexibility index (Phi) is 1.07. The second-order valence-corrected chi connectivity index (χ2v) is 2.32. The number of hydrogen-bond donors (Lipinski definition) is 0. The van der Waals surface area contributed by atoms with Crippen molar-refractivity contribution in [2.75, 3.05) is 0 Å². The fraction of sp³-hybridized carbons (Fsp3) is 0.800. The molecular weight excluding hydrogens is 148 g/mol. The Bertz CT molecular complexity index is 253. The van der Waals surface area contributed by atoms with E-state index >= 15 is 0 Å². The maximum Gasteiger partial charge on any atom is 0.397 e. The van der Waals surface area contributed by atoms with Gasteiger partial charge in [0.1, 0.15) is 0 Å². The lowest BCUT2D eigenvalue weighted by Gasteiger charge is -2.15. The number of nitrogens with zero attached hydrogens (tertiary/aromatic N) is 4. The van der Waals surface area contributed by atoms with Gasteiger partial charge < -0.3 is 4.74 Å². The van der Waals surface area contributed by atoms with Crippen molar-refractivity contribution in [3.8, 4) is 0 Å². The first-order valence-electron chi connectivity index (χ1n) is 3.34. The van der Waals surface area contributed by atoms with Gasteiger partial charge in [0.25, 0.3) is 0 Å². The van der Waals surface area contributed by atoms with Crippen molar-refractivity contribution in [1.82, 2.24) is 0 Å². The molecule has 11 heavy (non-hydrogen) atoms. The number of cyclic esters (lactones) is 1. The van der Waals surface area contributed by atoms with E-state index in [4.69, 9.17) is 4.74 Å². The predicted octanol–water partition coefficient (Wildman–Crippen LogP) is 0.851. The average Bonchev–Trinajstić information content (AvgIpc) is 2.77. The molecule has 1 spiro atoms. The van der Waals surface area contributed by atoms with Crippen LogP contribution in [-0.4, -0.2) is 18.0 Å². The number of rotatable bonds is 1. The van der Waals surface area contributed by atoms with Crippen LogP contribution >= 0.6 is 0 Å². The van der Waals surface area contributed by atoms with E-state index < -0.39 is 18.0 Å². The third-order valence-corrected chi connectivity index (χ3v) is 1.48. The van der Waals surface area contributed by atoms with Crippen molar-refractivity contribution >= 4 is 5.97 Å². The molecule has 0 aliphatic carbocycles. The smallest absolute Gasteiger partial charge is 0.397 e. The van der Waals surface area contributed by atoms with Crippen LogP contribution in [0.4, 0.5) is 0 Å². The first kappa shape index (κ1) is 6.38. The number of azo groups is 1. The Morgan fingerprint density at radius 1 is 1.55 bits per heavy atom. The van der Waals surface area contributed by atoms with Crippen LogP contribution in [0.2, 0.25) is 0 Å². The maximum absolute atomic E-state index is 11.0. The van der Waals surface area contributed by atoms with Gasteiger partial charge in [-0.3, -0.25) is 0 Å². The summed E-state index contributed by atoms with van der Waals surface area (Å²) < 4.78 is 4.83. The third kappa shape index (κ3) is 0.821. The van der Waals surface area contributed by atoms with Crippen LogP contribution in [0, 0.1) is 0 Å². The van der Waals surface area contributed by atoms with Gasteiger partial charge in [0.15, 0.2) is 0 Å². The van der Waals surface area contributed by atoms with Crippen molar-refractivity contribution in [3.05, 3.63) is 0 Å². The topological polar surface area (TPSA) is 75.7 Å². The molecule has 58 valence electrons. The lowest BCUT2D eigenvalue weighted by molar-refractivity contribution is -0.156. The summed E-state index contributed by atoms with van der Waals surface area (Å²) in [6.07, 6.45) is 0.185. The molecule has 6 nitrogen and oxygen atoms in total. The van der Waals surface area contributed by atoms with E-state index in [1.165, 1.54) is 0 Å². The normalized spacial score (nSPS) is 30.6. The first-order valence-corrected chi connectivity index (χ1v) is 3.34. The summed E-state index contributed by atoms with van der Waals surface area (Å²) >= 11 is 0. The van der Waals surface area contributed by atoms with Crippen LogP contribution in [0.25, 0.3) is 0 Å². The Balaban J connectivity index is 2.16. The molecule has 0 N–H and O–H groups in total. The van der Waals surface area contributed by atoms with Gasteiger partial charge in [-0.05, 0) is 0 Å². The van der Waals surface area contributed by atoms with Gasteiger partial charge in [-0.2, -0.15) is 0 Å². The molecule has 0 aromatic heterocycles. The number of hydrogen-bond acceptors (Lipinski definition) is 6. The molecule has 0 fully saturated rings. The summed E-state index contributed by atoms with van der Waals surface area (Å²) in [5.41, 5.74) is 0. The maximum atomic E-state index is 11.0. The molecule has 0 saturated heterocycles. The minimum absolute atomic E-state index is 0.445. The quantitative estimate of drug-likeness (QED) is 0.525. The first-order chi connectivity index (χ1) is 5.27. The van der Waals surface area contributed by atoms with Gasteiger partial charge in [-0.1, -0.05) is 6.92 Å². The van der Waals surface area contributed by atoms with Gasteiger partial charge in [0.2, 0.25) is 6.23 Å². The minimum Gasteiger partial charge on any atom is -0.433 e. The lowest BCUT2D eigenvalue weighted by atomic mass is 10.4. The van der Waals surface area contributed by atoms with Crippen molar-refractivity contribution in [2.45, 2.75) is 25.4 Å². The molecule has 1 unspecified atom stereocenters. The summed E-state index contributed by atoms with van der Waals surface area (Å²) in [7, 11) is 0. The lowest BCUT2D eigenvalue weighted by Crippen LogP contribution is -2.32. The molecule has 0 aromatic rings. The molecule has 2 aliphatic rings. The van der Waals surface area contributed by atoms with Gasteiger partial charge in [-0.15, -0.1) is 20.5 Å². The van der Waals surface area contributed by atoms with Gasteiger partial charge in [0.05, 0.1) is 0 Å². The van der Waals surface area contributed by atoms with Crippen molar-refractivity contribution < 1.29 is 9.53 Å². The standard InChI is InChI=1S/C5H6N4O2/c1-2-3-6-7-5(8-9-5)4(10)11-3/h3H,2H2,1H3. The summed E-state index contributed by atoms with van der Waals surface area (Å²) in [5.74, 6) is -1.80. The van der Waals surface area contributed by atoms with E-state index in [1.54, 1.807) is 0 Å². The molecule has 2 rings (SSSR count). The Labute approximate surface area is 62.4 Å². The molecule has 6 heteroatoms. The molecule has 2 aliphatic heterocycles. The number of carbonyl (C=O) groups is 1. The Morgan fingerprint density at radius 2 is 2.27 bits per heavy atom. The van der Waals surface area contributed by atoms with E-state index in [1.807, 2.05) is 6.92 Å². The SMILES string of the molecule is CCC1N=NC2(N=N2)C(=O)O1. The highest BCUT2D eigenvalue weighted by Gasteiger charge is 2.54. The molecule has 0 saturated carbocycles. The molecular formula is C5H6N4O2. The zero-order valence-electron chi connectivity index (χ0n) is 5.89. The van der Waals surface area contributed by atoms with Crippen LogP contribution in [0.1, 0.15) is 13.3 Å². The van der Waals surface area contributed by atoms with Crippen molar-refractivity contribution in [2.24, 2.45) is 20.5 Å². The summed E-state index contributed by atoms with van der Waals surface area (Å²) in [6.45, 7) is 1.86. The summed E-state index contributed by atoms with van der Waals surface area (Å²) in [5, 5.41) is 14.2. The number of ether oxygens (including phenoxy) is 1. The van der Waals surface area contributed by atoms with Crippen LogP contribution in [0.3, 0.4) is 0 Å². The average molecular weight is 154 g/mol. The fourth-order valence-corrected chi connectivity index (χ4v) is 0.746. The molecule has 2 heterocycles. The summed E-state index contributed by atoms with van der Waals surface area (Å²) in [6, 6.07) is 0. The molecule has 1 atom stereocenters. The van der Waals surface area contributed by atoms with Crippen LogP contribution < -0.4 is 0 Å². The van der Waals surface area contributed by atoms with Gasteiger partial charge in [-0.25, -0.2) is 4.79 Å². The fourth-order valence-electron chi connectivity index (χ4n) is 0.746. The van der Waals surface area contributed by atoms with Gasteiger partial charge >= 0.3 is 11.8 Å². The monoisotopic (exact) mass is 154 g/mol. The van der Waals surface area contributed by atoms with Gasteiger partial charge in [0, 0.05) is 6.42 Å². The van der Waals surface area contributed by atoms with E-state index in [-0.39, 0.29) is 0 Å². The van der Waals surface area contributed by atoms with Crippen molar-refractivity contribution in [3.63, 3.8) is 0 Å². The predicted molar refractivity (Wildman–Crippen MR) is 32.6 cm³/mol. The molecule has 0 radical (unpaired) electrons. The largest absolute Gasteiger partial charge is 0.433 e. The van der Waals surface area contributed by atoms with E-state index in [0.717, 1.165) is 0 Å². The Morgan fingerprint density at radius 3 is 2.73 bits per heavy atom. The number of esters is 1. The van der Waals surface area contributed by atoms with E-state index in [0.29, 0.717) is 6.42 Å². The van der Waals surface area contributed by atoms with E-state index in [9.17, 15) is 4.79 Å². The number of carbonyl (C=O) groups excluding carboxylic acids is 1. The second kappa shape index (κ2) is 1.84. The van der Waals surface area contributed by atoms with Crippen LogP contribution in [0.5, 0.6) is 0 Å². The highest BCUT2D eigenvalue weighted by Crippen LogP contribution is 2.35. The highest BCUT2D eigenvalue weighted by atomic mass is 16.6. The highest BCUT2D eigenvalue weighted by molar-refractivity contribution is 5.82. The van der Waals surface area contributed by atoms with E-state index in [2.05, 4.69) is 20.5 Å². The molecule has 0 bridgehead atoms. The third-order valence-electron chi connectivity index (χ3n) is 1.48.